The number of carbonyl (C=O) groups excluding carboxylic acids is 1. The van der Waals surface area contributed by atoms with Crippen LogP contribution in [0.25, 0.3) is 11.5 Å². The summed E-state index contributed by atoms with van der Waals surface area (Å²) in [6.45, 7) is 3.17. The second kappa shape index (κ2) is 7.18. The second-order valence-corrected chi connectivity index (χ2v) is 5.67. The molecular formula is C19H16N2O5. The van der Waals surface area contributed by atoms with Crippen molar-refractivity contribution in [2.75, 3.05) is 0 Å². The fourth-order valence-electron chi connectivity index (χ4n) is 2.52. The normalized spacial score (nSPS) is 10.5. The number of aromatic nitrogens is 1. The summed E-state index contributed by atoms with van der Waals surface area (Å²) in [6, 6.07) is 13.7. The van der Waals surface area contributed by atoms with Crippen molar-refractivity contribution in [1.82, 2.24) is 4.98 Å². The Hall–Kier alpha value is -3.48. The molecule has 3 rings (SSSR count). The third-order valence-corrected chi connectivity index (χ3v) is 3.98. The highest BCUT2D eigenvalue weighted by atomic mass is 16.6. The molecule has 1 heterocycles. The molecule has 0 fully saturated rings. The molecule has 0 spiro atoms. The largest absolute Gasteiger partial charge is 0.455 e. The van der Waals surface area contributed by atoms with Gasteiger partial charge >= 0.3 is 5.97 Å². The summed E-state index contributed by atoms with van der Waals surface area (Å²) in [6.07, 6.45) is 0. The molecule has 0 N–H and O–H groups in total. The van der Waals surface area contributed by atoms with Crippen molar-refractivity contribution in [2.45, 2.75) is 20.5 Å². The number of nitro groups is 1. The van der Waals surface area contributed by atoms with Gasteiger partial charge in [-0.1, -0.05) is 24.3 Å². The molecule has 0 saturated heterocycles. The minimum absolute atomic E-state index is 0.0802. The molecule has 7 heteroatoms. The van der Waals surface area contributed by atoms with Crippen LogP contribution in [0.15, 0.2) is 52.9 Å². The Morgan fingerprint density at radius 1 is 1.15 bits per heavy atom. The Labute approximate surface area is 149 Å². The van der Waals surface area contributed by atoms with Gasteiger partial charge in [-0.15, -0.1) is 0 Å². The van der Waals surface area contributed by atoms with Crippen molar-refractivity contribution in [1.29, 1.82) is 0 Å². The molecule has 2 aromatic carbocycles. The van der Waals surface area contributed by atoms with Crippen LogP contribution in [0.2, 0.25) is 0 Å². The maximum atomic E-state index is 12.3. The Morgan fingerprint density at radius 2 is 1.88 bits per heavy atom. The topological polar surface area (TPSA) is 95.5 Å². The number of hydrogen-bond acceptors (Lipinski definition) is 6. The van der Waals surface area contributed by atoms with Crippen LogP contribution in [0.1, 0.15) is 27.4 Å². The molecule has 0 saturated carbocycles. The molecule has 3 aromatic rings. The fourth-order valence-corrected chi connectivity index (χ4v) is 2.52. The summed E-state index contributed by atoms with van der Waals surface area (Å²) in [4.78, 5) is 27.1. The van der Waals surface area contributed by atoms with Crippen molar-refractivity contribution < 1.29 is 18.9 Å². The lowest BCUT2D eigenvalue weighted by Gasteiger charge is -2.06. The van der Waals surface area contributed by atoms with Crippen molar-refractivity contribution in [2.24, 2.45) is 0 Å². The molecule has 0 aliphatic heterocycles. The van der Waals surface area contributed by atoms with Gasteiger partial charge in [0.25, 0.3) is 5.69 Å². The van der Waals surface area contributed by atoms with E-state index in [-0.39, 0.29) is 23.4 Å². The summed E-state index contributed by atoms with van der Waals surface area (Å²) in [5.41, 5.74) is 1.62. The Kier molecular flexibility index (Phi) is 4.79. The molecule has 0 radical (unpaired) electrons. The first-order valence-electron chi connectivity index (χ1n) is 7.90. The number of nitrogens with zero attached hydrogens (tertiary/aromatic N) is 2. The van der Waals surface area contributed by atoms with Crippen molar-refractivity contribution in [3.8, 4) is 11.5 Å². The van der Waals surface area contributed by atoms with E-state index in [1.165, 1.54) is 25.1 Å². The van der Waals surface area contributed by atoms with Gasteiger partial charge in [0.15, 0.2) is 0 Å². The van der Waals surface area contributed by atoms with E-state index in [0.29, 0.717) is 17.3 Å². The van der Waals surface area contributed by atoms with E-state index in [2.05, 4.69) is 4.98 Å². The van der Waals surface area contributed by atoms with Crippen LogP contribution < -0.4 is 0 Å². The highest BCUT2D eigenvalue weighted by Gasteiger charge is 2.20. The van der Waals surface area contributed by atoms with Crippen LogP contribution in [0, 0.1) is 24.0 Å². The summed E-state index contributed by atoms with van der Waals surface area (Å²) < 4.78 is 10.9. The predicted molar refractivity (Wildman–Crippen MR) is 93.6 cm³/mol. The minimum atomic E-state index is -0.644. The molecule has 7 nitrogen and oxygen atoms in total. The van der Waals surface area contributed by atoms with Crippen molar-refractivity contribution in [3.05, 3.63) is 81.2 Å². The third-order valence-electron chi connectivity index (χ3n) is 3.98. The van der Waals surface area contributed by atoms with Crippen molar-refractivity contribution >= 4 is 11.7 Å². The van der Waals surface area contributed by atoms with E-state index >= 15 is 0 Å². The zero-order valence-corrected chi connectivity index (χ0v) is 14.3. The summed E-state index contributed by atoms with van der Waals surface area (Å²) in [7, 11) is 0. The number of ether oxygens (including phenoxy) is 1. The molecule has 0 bridgehead atoms. The van der Waals surface area contributed by atoms with Crippen LogP contribution in [-0.4, -0.2) is 15.9 Å². The smallest absolute Gasteiger partial charge is 0.339 e. The number of nitro benzene ring substituents is 1. The van der Waals surface area contributed by atoms with E-state index < -0.39 is 10.9 Å². The highest BCUT2D eigenvalue weighted by Crippen LogP contribution is 2.24. The van der Waals surface area contributed by atoms with Gasteiger partial charge in [-0.25, -0.2) is 9.78 Å². The number of benzene rings is 2. The molecule has 132 valence electrons. The maximum absolute atomic E-state index is 12.3. The van der Waals surface area contributed by atoms with Crippen LogP contribution in [-0.2, 0) is 11.3 Å². The van der Waals surface area contributed by atoms with Gasteiger partial charge in [-0.05, 0) is 32.0 Å². The Balaban J connectivity index is 1.76. The van der Waals surface area contributed by atoms with Crippen molar-refractivity contribution in [3.63, 3.8) is 0 Å². The monoisotopic (exact) mass is 352 g/mol. The number of esters is 1. The highest BCUT2D eigenvalue weighted by molar-refractivity contribution is 5.92. The molecule has 26 heavy (non-hydrogen) atoms. The molecule has 0 aliphatic rings. The maximum Gasteiger partial charge on any atom is 0.339 e. The summed E-state index contributed by atoms with van der Waals surface area (Å²) in [5, 5.41) is 11.0. The lowest BCUT2D eigenvalue weighted by Crippen LogP contribution is -2.09. The van der Waals surface area contributed by atoms with E-state index in [0.717, 1.165) is 5.56 Å². The zero-order chi connectivity index (χ0) is 18.7. The molecular weight excluding hydrogens is 336 g/mol. The molecule has 0 atom stereocenters. The number of rotatable bonds is 5. The first-order chi connectivity index (χ1) is 12.5. The quantitative estimate of drug-likeness (QED) is 0.387. The second-order valence-electron chi connectivity index (χ2n) is 5.67. The van der Waals surface area contributed by atoms with Crippen LogP contribution in [0.3, 0.4) is 0 Å². The average Bonchev–Trinajstić information content (AvgIpc) is 3.01. The van der Waals surface area contributed by atoms with E-state index in [1.54, 1.807) is 6.92 Å². The van der Waals surface area contributed by atoms with Gasteiger partial charge in [0.05, 0.1) is 10.5 Å². The molecule has 0 unspecified atom stereocenters. The molecule has 1 aromatic heterocycles. The number of oxazole rings is 1. The third kappa shape index (κ3) is 3.46. The van der Waals surface area contributed by atoms with Crippen LogP contribution in [0.5, 0.6) is 0 Å². The average molecular weight is 352 g/mol. The Bertz CT molecular complexity index is 963. The zero-order valence-electron chi connectivity index (χ0n) is 14.3. The number of hydrogen-bond donors (Lipinski definition) is 0. The Morgan fingerprint density at radius 3 is 2.58 bits per heavy atom. The van der Waals surface area contributed by atoms with Gasteiger partial charge in [0.2, 0.25) is 5.89 Å². The first-order valence-corrected chi connectivity index (χ1v) is 7.90. The van der Waals surface area contributed by atoms with Gasteiger partial charge in [0.1, 0.15) is 18.1 Å². The van der Waals surface area contributed by atoms with Gasteiger partial charge in [-0.2, -0.15) is 0 Å². The SMILES string of the molecule is Cc1oc(-c2ccccc2)nc1COC(=O)c1cccc([N+](=O)[O-])c1C. The first kappa shape index (κ1) is 17.3. The summed E-state index contributed by atoms with van der Waals surface area (Å²) in [5.74, 6) is 0.350. The van der Waals surface area contributed by atoms with Crippen LogP contribution >= 0.6 is 0 Å². The predicted octanol–water partition coefficient (Wildman–Crippen LogP) is 4.22. The minimum Gasteiger partial charge on any atom is -0.455 e. The van der Waals surface area contributed by atoms with E-state index in [4.69, 9.17) is 9.15 Å². The summed E-state index contributed by atoms with van der Waals surface area (Å²) >= 11 is 0. The molecule has 0 aliphatic carbocycles. The lowest BCUT2D eigenvalue weighted by atomic mass is 10.1. The van der Waals surface area contributed by atoms with E-state index in [9.17, 15) is 14.9 Å². The van der Waals surface area contributed by atoms with E-state index in [1.807, 2.05) is 30.3 Å². The molecule has 0 amide bonds. The van der Waals surface area contributed by atoms with Crippen LogP contribution in [0.4, 0.5) is 5.69 Å². The fraction of sp³-hybridized carbons (Fsp3) is 0.158. The van der Waals surface area contributed by atoms with Gasteiger partial charge in [-0.3, -0.25) is 10.1 Å². The lowest BCUT2D eigenvalue weighted by molar-refractivity contribution is -0.385. The number of carbonyl (C=O) groups is 1. The van der Waals surface area contributed by atoms with Gasteiger partial charge < -0.3 is 9.15 Å². The number of aryl methyl sites for hydroxylation is 1. The standard InChI is InChI=1S/C19H16N2O5/c1-12-15(9-6-10-17(12)21(23)24)19(22)25-11-16-13(2)26-18(20-16)14-7-4-3-5-8-14/h3-10H,11H2,1-2H3. The van der Waals surface area contributed by atoms with Gasteiger partial charge in [0, 0.05) is 17.2 Å².